The van der Waals surface area contributed by atoms with Gasteiger partial charge in [-0.05, 0) is 73.7 Å². The lowest BCUT2D eigenvalue weighted by molar-refractivity contribution is 0.104. The molecular weight excluding hydrogens is 336 g/mol. The lowest BCUT2D eigenvalue weighted by atomic mass is 10.1. The minimum Gasteiger partial charge on any atom is -0.486 e. The van der Waals surface area contributed by atoms with Crippen LogP contribution in [0, 0.1) is 6.92 Å². The summed E-state index contributed by atoms with van der Waals surface area (Å²) < 4.78 is 11.6. The SMILES string of the molecule is Cc1ccc(C(=O)/C=C/c2ccc(COc3ccc4c(c3)CCC4)o2)cc1. The minimum absolute atomic E-state index is 0.0395. The molecule has 0 atom stereocenters. The summed E-state index contributed by atoms with van der Waals surface area (Å²) >= 11 is 0. The third kappa shape index (κ3) is 4.20. The molecule has 0 saturated carbocycles. The van der Waals surface area contributed by atoms with E-state index in [1.54, 1.807) is 6.08 Å². The Kier molecular flexibility index (Phi) is 4.93. The molecule has 3 heteroatoms. The lowest BCUT2D eigenvalue weighted by Gasteiger charge is -2.06. The maximum absolute atomic E-state index is 12.2. The van der Waals surface area contributed by atoms with E-state index >= 15 is 0 Å². The van der Waals surface area contributed by atoms with Crippen LogP contribution in [0.2, 0.25) is 0 Å². The van der Waals surface area contributed by atoms with Gasteiger partial charge in [-0.2, -0.15) is 0 Å². The monoisotopic (exact) mass is 358 g/mol. The first kappa shape index (κ1) is 17.3. The Hall–Kier alpha value is -3.07. The minimum atomic E-state index is -0.0395. The molecule has 1 aliphatic rings. The van der Waals surface area contributed by atoms with E-state index in [0.717, 1.165) is 23.5 Å². The molecule has 0 bridgehead atoms. The fourth-order valence-electron chi connectivity index (χ4n) is 3.33. The van der Waals surface area contributed by atoms with Crippen molar-refractivity contribution in [2.75, 3.05) is 0 Å². The van der Waals surface area contributed by atoms with Crippen molar-refractivity contribution in [3.63, 3.8) is 0 Å². The largest absolute Gasteiger partial charge is 0.486 e. The van der Waals surface area contributed by atoms with Crippen LogP contribution in [-0.2, 0) is 19.4 Å². The van der Waals surface area contributed by atoms with Gasteiger partial charge in [0.05, 0.1) is 0 Å². The first-order chi connectivity index (χ1) is 13.2. The van der Waals surface area contributed by atoms with Gasteiger partial charge in [0.1, 0.15) is 23.9 Å². The Morgan fingerprint density at radius 1 is 1.04 bits per heavy atom. The molecule has 4 rings (SSSR count). The van der Waals surface area contributed by atoms with Crippen LogP contribution in [0.25, 0.3) is 6.08 Å². The molecule has 1 heterocycles. The predicted octanol–water partition coefficient (Wildman–Crippen LogP) is 5.55. The maximum Gasteiger partial charge on any atom is 0.185 e. The summed E-state index contributed by atoms with van der Waals surface area (Å²) in [6.07, 6.45) is 6.77. The van der Waals surface area contributed by atoms with Gasteiger partial charge in [-0.25, -0.2) is 0 Å². The zero-order chi connectivity index (χ0) is 18.6. The highest BCUT2D eigenvalue weighted by molar-refractivity contribution is 6.06. The summed E-state index contributed by atoms with van der Waals surface area (Å²) in [4.78, 5) is 12.2. The summed E-state index contributed by atoms with van der Waals surface area (Å²) in [5, 5.41) is 0. The number of fused-ring (bicyclic) bond motifs is 1. The third-order valence-corrected chi connectivity index (χ3v) is 4.87. The average Bonchev–Trinajstić information content (AvgIpc) is 3.33. The number of carbonyl (C=O) groups excluding carboxylic acids is 1. The first-order valence-electron chi connectivity index (χ1n) is 9.30. The summed E-state index contributed by atoms with van der Waals surface area (Å²) in [5.74, 6) is 2.21. The van der Waals surface area contributed by atoms with Crippen molar-refractivity contribution >= 4 is 11.9 Å². The quantitative estimate of drug-likeness (QED) is 0.428. The Morgan fingerprint density at radius 2 is 1.85 bits per heavy atom. The van der Waals surface area contributed by atoms with E-state index < -0.39 is 0 Å². The van der Waals surface area contributed by atoms with Crippen molar-refractivity contribution in [1.82, 2.24) is 0 Å². The molecule has 3 nitrogen and oxygen atoms in total. The second-order valence-electron chi connectivity index (χ2n) is 6.94. The lowest BCUT2D eigenvalue weighted by Crippen LogP contribution is -1.95. The molecular formula is C24H22O3. The van der Waals surface area contributed by atoms with Gasteiger partial charge in [0.15, 0.2) is 5.78 Å². The molecule has 0 radical (unpaired) electrons. The summed E-state index contributed by atoms with van der Waals surface area (Å²) in [7, 11) is 0. The van der Waals surface area contributed by atoms with Crippen LogP contribution < -0.4 is 4.74 Å². The van der Waals surface area contributed by atoms with Gasteiger partial charge >= 0.3 is 0 Å². The van der Waals surface area contributed by atoms with E-state index in [2.05, 4.69) is 12.1 Å². The number of benzene rings is 2. The highest BCUT2D eigenvalue weighted by atomic mass is 16.5. The van der Waals surface area contributed by atoms with Crippen molar-refractivity contribution in [2.45, 2.75) is 32.8 Å². The molecule has 1 aliphatic carbocycles. The summed E-state index contributed by atoms with van der Waals surface area (Å²) in [6, 6.07) is 17.6. The fourth-order valence-corrected chi connectivity index (χ4v) is 3.33. The van der Waals surface area contributed by atoms with Gasteiger partial charge < -0.3 is 9.15 Å². The van der Waals surface area contributed by atoms with Crippen LogP contribution >= 0.6 is 0 Å². The van der Waals surface area contributed by atoms with E-state index in [-0.39, 0.29) is 5.78 Å². The molecule has 2 aromatic carbocycles. The van der Waals surface area contributed by atoms with Crippen LogP contribution in [0.15, 0.2) is 65.1 Å². The van der Waals surface area contributed by atoms with Crippen LogP contribution in [0.4, 0.5) is 0 Å². The van der Waals surface area contributed by atoms with Crippen LogP contribution in [-0.4, -0.2) is 5.78 Å². The smallest absolute Gasteiger partial charge is 0.185 e. The van der Waals surface area contributed by atoms with Crippen molar-refractivity contribution in [3.05, 3.63) is 94.4 Å². The normalized spacial score (nSPS) is 13.1. The zero-order valence-corrected chi connectivity index (χ0v) is 15.4. The van der Waals surface area contributed by atoms with Gasteiger partial charge in [0.2, 0.25) is 0 Å². The summed E-state index contributed by atoms with van der Waals surface area (Å²) in [5.41, 5.74) is 4.63. The molecule has 136 valence electrons. The highest BCUT2D eigenvalue weighted by Gasteiger charge is 2.11. The Labute approximate surface area is 159 Å². The molecule has 1 aromatic heterocycles. The third-order valence-electron chi connectivity index (χ3n) is 4.87. The number of rotatable bonds is 6. The van der Waals surface area contributed by atoms with Gasteiger partial charge in [0.25, 0.3) is 0 Å². The zero-order valence-electron chi connectivity index (χ0n) is 15.4. The molecule has 3 aromatic rings. The second-order valence-corrected chi connectivity index (χ2v) is 6.94. The van der Waals surface area contributed by atoms with E-state index in [1.165, 1.54) is 30.0 Å². The Morgan fingerprint density at radius 3 is 2.70 bits per heavy atom. The standard InChI is InChI=1S/C24H22O3/c1-17-5-7-19(8-6-17)24(25)14-13-21-11-12-23(27-21)16-26-22-10-9-18-3-2-4-20(18)15-22/h5-15H,2-4,16H2,1H3/b14-13+. The van der Waals surface area contributed by atoms with Crippen LogP contribution in [0.5, 0.6) is 5.75 Å². The van der Waals surface area contributed by atoms with Crippen molar-refractivity contribution in [2.24, 2.45) is 0 Å². The summed E-state index contributed by atoms with van der Waals surface area (Å²) in [6.45, 7) is 2.37. The average molecular weight is 358 g/mol. The molecule has 0 spiro atoms. The molecule has 0 unspecified atom stereocenters. The van der Waals surface area contributed by atoms with E-state index in [9.17, 15) is 4.79 Å². The van der Waals surface area contributed by atoms with E-state index in [4.69, 9.17) is 9.15 Å². The predicted molar refractivity (Wildman–Crippen MR) is 106 cm³/mol. The van der Waals surface area contributed by atoms with Gasteiger partial charge in [-0.1, -0.05) is 35.9 Å². The van der Waals surface area contributed by atoms with Crippen molar-refractivity contribution in [1.29, 1.82) is 0 Å². The molecule has 0 aliphatic heterocycles. The van der Waals surface area contributed by atoms with E-state index in [1.807, 2.05) is 49.4 Å². The topological polar surface area (TPSA) is 39.4 Å². The van der Waals surface area contributed by atoms with Gasteiger partial charge in [-0.3, -0.25) is 4.79 Å². The Bertz CT molecular complexity index is 977. The molecule has 0 fully saturated rings. The van der Waals surface area contributed by atoms with Crippen LogP contribution in [0.1, 0.15) is 45.0 Å². The Balaban J connectivity index is 1.35. The highest BCUT2D eigenvalue weighted by Crippen LogP contribution is 2.26. The molecule has 0 amide bonds. The molecule has 0 N–H and O–H groups in total. The van der Waals surface area contributed by atoms with Crippen molar-refractivity contribution < 1.29 is 13.9 Å². The number of hydrogen-bond acceptors (Lipinski definition) is 3. The number of aryl methyl sites for hydroxylation is 3. The van der Waals surface area contributed by atoms with E-state index in [0.29, 0.717) is 17.9 Å². The number of hydrogen-bond donors (Lipinski definition) is 0. The number of allylic oxidation sites excluding steroid dienone is 1. The number of furan rings is 1. The number of ether oxygens (including phenoxy) is 1. The van der Waals surface area contributed by atoms with Gasteiger partial charge in [0, 0.05) is 5.56 Å². The molecule has 0 saturated heterocycles. The first-order valence-corrected chi connectivity index (χ1v) is 9.30. The molecule has 27 heavy (non-hydrogen) atoms. The maximum atomic E-state index is 12.2. The number of ketones is 1. The number of carbonyl (C=O) groups is 1. The van der Waals surface area contributed by atoms with Crippen LogP contribution in [0.3, 0.4) is 0 Å². The second kappa shape index (κ2) is 7.67. The van der Waals surface area contributed by atoms with Crippen molar-refractivity contribution in [3.8, 4) is 5.75 Å². The fraction of sp³-hybridized carbons (Fsp3) is 0.208. The van der Waals surface area contributed by atoms with Gasteiger partial charge in [-0.15, -0.1) is 0 Å².